The maximum atomic E-state index is 13.5. The molecule has 4 rings (SSSR count). The molecular weight excluding hydrogens is 452 g/mol. The molecule has 3 aromatic rings. The zero-order chi connectivity index (χ0) is 23.9. The smallest absolute Gasteiger partial charge is 0.274 e. The number of benzene rings is 2. The van der Waals surface area contributed by atoms with Crippen LogP contribution in [0.1, 0.15) is 22.0 Å². The highest BCUT2D eigenvalue weighted by molar-refractivity contribution is 7.85. The third-order valence-electron chi connectivity index (χ3n) is 5.53. The van der Waals surface area contributed by atoms with Crippen LogP contribution in [0.4, 0.5) is 5.69 Å². The maximum Gasteiger partial charge on any atom is 0.274 e. The van der Waals surface area contributed by atoms with Gasteiger partial charge in [0, 0.05) is 23.9 Å². The van der Waals surface area contributed by atoms with Gasteiger partial charge in [-0.2, -0.15) is 8.42 Å². The van der Waals surface area contributed by atoms with Crippen molar-refractivity contribution < 1.29 is 36.7 Å². The average molecular weight is 477 g/mol. The number of carbonyl (C=O) groups excluding carboxylic acids is 1. The number of aromatic nitrogens is 1. The Morgan fingerprint density at radius 1 is 1.12 bits per heavy atom. The van der Waals surface area contributed by atoms with E-state index in [1.54, 1.807) is 18.2 Å². The molecule has 1 atom stereocenters. The number of nitrogens with zero attached hydrogens (tertiary/aromatic N) is 1. The molecule has 10 nitrogen and oxygen atoms in total. The van der Waals surface area contributed by atoms with Crippen LogP contribution in [0.5, 0.6) is 23.0 Å². The molecule has 1 unspecified atom stereocenters. The maximum absolute atomic E-state index is 13.5. The number of rotatable bonds is 7. The fourth-order valence-corrected chi connectivity index (χ4v) is 4.48. The van der Waals surface area contributed by atoms with Gasteiger partial charge in [-0.15, -0.1) is 0 Å². The number of phenolic OH excluding ortho intramolecular Hbond substituents is 1. The number of methoxy groups -OCH3 is 3. The molecule has 11 heteroatoms. The lowest BCUT2D eigenvalue weighted by atomic mass is 10.0. The molecular formula is C22H24N2O8S. The van der Waals surface area contributed by atoms with Crippen molar-refractivity contribution in [1.29, 1.82) is 0 Å². The van der Waals surface area contributed by atoms with Crippen molar-refractivity contribution in [3.8, 4) is 23.0 Å². The van der Waals surface area contributed by atoms with Crippen LogP contribution in [0.2, 0.25) is 0 Å². The fraction of sp³-hybridized carbons (Fsp3) is 0.318. The first-order valence-corrected chi connectivity index (χ1v) is 11.8. The van der Waals surface area contributed by atoms with E-state index in [0.717, 1.165) is 6.26 Å². The Morgan fingerprint density at radius 2 is 1.85 bits per heavy atom. The second kappa shape index (κ2) is 8.49. The molecule has 33 heavy (non-hydrogen) atoms. The van der Waals surface area contributed by atoms with Crippen molar-refractivity contribution >= 4 is 32.6 Å². The van der Waals surface area contributed by atoms with E-state index in [1.165, 1.54) is 38.4 Å². The van der Waals surface area contributed by atoms with Gasteiger partial charge in [0.2, 0.25) is 5.75 Å². The zero-order valence-corrected chi connectivity index (χ0v) is 19.4. The Hall–Kier alpha value is -3.44. The van der Waals surface area contributed by atoms with Crippen LogP contribution in [0.15, 0.2) is 30.3 Å². The third kappa shape index (κ3) is 4.16. The van der Waals surface area contributed by atoms with Crippen LogP contribution in [0, 0.1) is 0 Å². The summed E-state index contributed by atoms with van der Waals surface area (Å²) in [5, 5.41) is 10.7. The molecule has 1 aromatic heterocycles. The molecule has 1 aliphatic heterocycles. The van der Waals surface area contributed by atoms with Crippen LogP contribution < -0.4 is 19.1 Å². The van der Waals surface area contributed by atoms with Gasteiger partial charge in [0.15, 0.2) is 11.5 Å². The second-order valence-electron chi connectivity index (χ2n) is 7.64. The Kier molecular flexibility index (Phi) is 5.85. The van der Waals surface area contributed by atoms with Gasteiger partial charge < -0.3 is 29.2 Å². The second-order valence-corrected chi connectivity index (χ2v) is 9.28. The van der Waals surface area contributed by atoms with Crippen LogP contribution in [-0.2, 0) is 14.3 Å². The normalized spacial score (nSPS) is 15.5. The minimum Gasteiger partial charge on any atom is -0.508 e. The molecule has 0 fully saturated rings. The summed E-state index contributed by atoms with van der Waals surface area (Å²) in [6.45, 7) is 0.0710. The van der Waals surface area contributed by atoms with Gasteiger partial charge in [0.05, 0.1) is 45.4 Å². The summed E-state index contributed by atoms with van der Waals surface area (Å²) in [4.78, 5) is 18.1. The first-order chi connectivity index (χ1) is 15.7. The number of carbonyl (C=O) groups is 1. The Bertz CT molecular complexity index is 1330. The molecule has 0 saturated heterocycles. The molecule has 1 amide bonds. The largest absolute Gasteiger partial charge is 0.508 e. The summed E-state index contributed by atoms with van der Waals surface area (Å²) in [6.07, 6.45) is 0.975. The molecule has 2 aromatic carbocycles. The monoisotopic (exact) mass is 476 g/mol. The number of H-pyrrole nitrogens is 1. The SMILES string of the molecule is COc1cc2cc(C(=O)N3CC(COS(C)(=O)=O)c4ccc(O)cc43)[nH]c2c(OC)c1OC. The lowest BCUT2D eigenvalue weighted by molar-refractivity contribution is 0.0983. The number of hydrogen-bond donors (Lipinski definition) is 2. The average Bonchev–Trinajstić information content (AvgIpc) is 3.36. The molecule has 1 aliphatic rings. The molecule has 2 heterocycles. The highest BCUT2D eigenvalue weighted by atomic mass is 32.2. The van der Waals surface area contributed by atoms with Gasteiger partial charge in [-0.05, 0) is 23.8 Å². The van der Waals surface area contributed by atoms with Gasteiger partial charge in [-0.3, -0.25) is 8.98 Å². The van der Waals surface area contributed by atoms with E-state index in [1.807, 2.05) is 0 Å². The highest BCUT2D eigenvalue weighted by Crippen LogP contribution is 2.44. The summed E-state index contributed by atoms with van der Waals surface area (Å²) in [5.41, 5.74) is 2.04. The predicted molar refractivity (Wildman–Crippen MR) is 121 cm³/mol. The number of phenols is 1. The number of aromatic hydroxyl groups is 1. The number of aromatic amines is 1. The number of nitrogens with one attached hydrogen (secondary N) is 1. The van der Waals surface area contributed by atoms with Gasteiger partial charge in [0.25, 0.3) is 16.0 Å². The minimum atomic E-state index is -3.65. The first kappa shape index (κ1) is 22.7. The van der Waals surface area contributed by atoms with Gasteiger partial charge in [-0.25, -0.2) is 0 Å². The lowest BCUT2D eigenvalue weighted by Crippen LogP contribution is -2.31. The van der Waals surface area contributed by atoms with Crippen molar-refractivity contribution in [3.05, 3.63) is 41.6 Å². The minimum absolute atomic E-state index is 0.0102. The summed E-state index contributed by atoms with van der Waals surface area (Å²) in [7, 11) is 0.846. The Balaban J connectivity index is 1.74. The van der Waals surface area contributed by atoms with Crippen molar-refractivity contribution in [1.82, 2.24) is 4.98 Å². The summed E-state index contributed by atoms with van der Waals surface area (Å²) < 4.78 is 44.2. The number of ether oxygens (including phenoxy) is 3. The van der Waals surface area contributed by atoms with Gasteiger partial charge in [0.1, 0.15) is 11.4 Å². The molecule has 0 spiro atoms. The van der Waals surface area contributed by atoms with Crippen LogP contribution in [0.25, 0.3) is 10.9 Å². The zero-order valence-electron chi connectivity index (χ0n) is 18.5. The Morgan fingerprint density at radius 3 is 2.48 bits per heavy atom. The molecule has 176 valence electrons. The van der Waals surface area contributed by atoms with Crippen LogP contribution >= 0.6 is 0 Å². The van der Waals surface area contributed by atoms with Crippen molar-refractivity contribution in [2.24, 2.45) is 0 Å². The van der Waals surface area contributed by atoms with Crippen molar-refractivity contribution in [3.63, 3.8) is 0 Å². The lowest BCUT2D eigenvalue weighted by Gasteiger charge is -2.17. The van der Waals surface area contributed by atoms with E-state index in [9.17, 15) is 18.3 Å². The molecule has 0 bridgehead atoms. The quantitative estimate of drug-likeness (QED) is 0.498. The van der Waals surface area contributed by atoms with Crippen LogP contribution in [-0.4, -0.2) is 65.2 Å². The van der Waals surface area contributed by atoms with E-state index < -0.39 is 10.1 Å². The molecule has 0 saturated carbocycles. The topological polar surface area (TPSA) is 127 Å². The van der Waals surface area contributed by atoms with E-state index >= 15 is 0 Å². The van der Waals surface area contributed by atoms with E-state index in [-0.39, 0.29) is 36.4 Å². The predicted octanol–water partition coefficient (Wildman–Crippen LogP) is 2.62. The number of hydrogen-bond acceptors (Lipinski definition) is 8. The first-order valence-electron chi connectivity index (χ1n) is 9.97. The number of anilines is 1. The van der Waals surface area contributed by atoms with E-state index in [2.05, 4.69) is 4.98 Å². The summed E-state index contributed by atoms with van der Waals surface area (Å²) in [6, 6.07) is 8.04. The standard InChI is InChI=1S/C22H24N2O8S/c1-29-18-8-12-7-16(23-19(12)21(31-3)20(18)30-2)22(26)24-10-13(11-32-33(4,27)28)15-6-5-14(25)9-17(15)24/h5-9,13,23,25H,10-11H2,1-4H3. The van der Waals surface area contributed by atoms with Crippen molar-refractivity contribution in [2.45, 2.75) is 5.92 Å². The van der Waals surface area contributed by atoms with Crippen molar-refractivity contribution in [2.75, 3.05) is 45.6 Å². The Labute approximate surface area is 190 Å². The van der Waals surface area contributed by atoms with E-state index in [4.69, 9.17) is 18.4 Å². The number of fused-ring (bicyclic) bond motifs is 2. The molecule has 0 aliphatic carbocycles. The number of amides is 1. The van der Waals surface area contributed by atoms with Gasteiger partial charge >= 0.3 is 0 Å². The van der Waals surface area contributed by atoms with Crippen LogP contribution in [0.3, 0.4) is 0 Å². The summed E-state index contributed by atoms with van der Waals surface area (Å²) >= 11 is 0. The molecule has 0 radical (unpaired) electrons. The third-order valence-corrected chi connectivity index (χ3v) is 6.09. The van der Waals surface area contributed by atoms with E-state index in [0.29, 0.717) is 39.4 Å². The highest BCUT2D eigenvalue weighted by Gasteiger charge is 2.35. The molecule has 2 N–H and O–H groups in total. The summed E-state index contributed by atoms with van der Waals surface area (Å²) in [5.74, 6) is 0.490. The fourth-order valence-electron chi connectivity index (χ4n) is 4.07. The van der Waals surface area contributed by atoms with Gasteiger partial charge in [-0.1, -0.05) is 6.07 Å².